The fourth-order valence-corrected chi connectivity index (χ4v) is 2.92. The summed E-state index contributed by atoms with van der Waals surface area (Å²) in [6, 6.07) is 15.6. The quantitative estimate of drug-likeness (QED) is 0.474. The van der Waals surface area contributed by atoms with Crippen LogP contribution in [-0.4, -0.2) is 5.75 Å². The molecule has 0 saturated carbocycles. The van der Waals surface area contributed by atoms with Gasteiger partial charge in [-0.2, -0.15) is 0 Å². The normalized spacial score (nSPS) is 11.0. The van der Waals surface area contributed by atoms with Crippen LogP contribution in [0.5, 0.6) is 0 Å². The lowest BCUT2D eigenvalue weighted by molar-refractivity contribution is 0.708. The van der Waals surface area contributed by atoms with Crippen LogP contribution >= 0.6 is 11.8 Å². The largest absolute Gasteiger partial charge is 0.405 e. The molecule has 0 amide bonds. The van der Waals surface area contributed by atoms with Gasteiger partial charge in [0.15, 0.2) is 0 Å². The van der Waals surface area contributed by atoms with Gasteiger partial charge in [0.1, 0.15) is 0 Å². The molecule has 0 fully saturated rings. The van der Waals surface area contributed by atoms with Crippen molar-refractivity contribution >= 4 is 11.8 Å². The van der Waals surface area contributed by atoms with E-state index < -0.39 is 0 Å². The molecule has 0 aliphatic rings. The Hall–Kier alpha value is -2.88. The Morgan fingerprint density at radius 3 is 2.08 bits per heavy atom. The van der Waals surface area contributed by atoms with Crippen molar-refractivity contribution in [3.05, 3.63) is 89.4 Å². The average Bonchev–Trinajstić information content (AvgIpc) is 2.67. The van der Waals surface area contributed by atoms with E-state index in [0.29, 0.717) is 18.3 Å². The van der Waals surface area contributed by atoms with Gasteiger partial charge < -0.3 is 5.73 Å². The van der Waals surface area contributed by atoms with Crippen molar-refractivity contribution in [3.63, 3.8) is 0 Å². The highest BCUT2D eigenvalue weighted by molar-refractivity contribution is 7.99. The van der Waals surface area contributed by atoms with Crippen LogP contribution in [0.3, 0.4) is 0 Å². The van der Waals surface area contributed by atoms with E-state index >= 15 is 0 Å². The second kappa shape index (κ2) is 10.1. The van der Waals surface area contributed by atoms with Crippen LogP contribution in [0.15, 0.2) is 77.6 Å². The molecule has 2 aromatic rings. The third-order valence-electron chi connectivity index (χ3n) is 3.37. The van der Waals surface area contributed by atoms with Crippen molar-refractivity contribution in [1.29, 1.82) is 0 Å². The van der Waals surface area contributed by atoms with Crippen LogP contribution in [0.4, 0.5) is 4.39 Å². The Labute approximate surface area is 152 Å². The Bertz CT molecular complexity index is 844. The number of benzene rings is 2. The van der Waals surface area contributed by atoms with E-state index in [2.05, 4.69) is 17.8 Å². The molecule has 2 N–H and O–H groups in total. The molecule has 2 aromatic carbocycles. The van der Waals surface area contributed by atoms with E-state index in [1.165, 1.54) is 6.20 Å². The molecule has 0 heterocycles. The first-order valence-corrected chi connectivity index (χ1v) is 8.73. The number of terminal acetylenes is 1. The maximum Gasteiger partial charge on any atom is 0.0899 e. The van der Waals surface area contributed by atoms with Gasteiger partial charge in [0, 0.05) is 27.3 Å². The number of allylic oxidation sites excluding steroid dienone is 2. The number of rotatable bonds is 5. The van der Waals surface area contributed by atoms with Gasteiger partial charge in [-0.15, -0.1) is 18.2 Å². The molecular weight excluding hydrogens is 329 g/mol. The van der Waals surface area contributed by atoms with E-state index in [9.17, 15) is 4.39 Å². The van der Waals surface area contributed by atoms with Crippen LogP contribution in [-0.2, 0) is 0 Å². The molecule has 0 aliphatic carbocycles. The van der Waals surface area contributed by atoms with E-state index in [0.717, 1.165) is 27.3 Å². The third kappa shape index (κ3) is 6.26. The summed E-state index contributed by atoms with van der Waals surface area (Å²) in [4.78, 5) is 1.12. The second-order valence-corrected chi connectivity index (χ2v) is 6.31. The summed E-state index contributed by atoms with van der Waals surface area (Å²) in [6.45, 7) is 0. The first kappa shape index (κ1) is 18.5. The summed E-state index contributed by atoms with van der Waals surface area (Å²) in [6.07, 6.45) is 9.49. The van der Waals surface area contributed by atoms with Crippen LogP contribution in [0.25, 0.3) is 0 Å². The zero-order valence-corrected chi connectivity index (χ0v) is 14.5. The number of nitrogens with two attached hydrogens (primary N) is 1. The average molecular weight is 347 g/mol. The van der Waals surface area contributed by atoms with E-state index in [-0.39, 0.29) is 0 Å². The number of hydrogen-bond donors (Lipinski definition) is 1. The van der Waals surface area contributed by atoms with Gasteiger partial charge in [0.05, 0.1) is 6.33 Å². The zero-order chi connectivity index (χ0) is 17.9. The molecule has 0 saturated heterocycles. The lowest BCUT2D eigenvalue weighted by atomic mass is 10.1. The lowest BCUT2D eigenvalue weighted by Crippen LogP contribution is -1.86. The van der Waals surface area contributed by atoms with Crippen LogP contribution < -0.4 is 5.73 Å². The fraction of sp³-hybridized carbons (Fsp3) is 0.0909. The van der Waals surface area contributed by atoms with Crippen LogP contribution in [0, 0.1) is 24.2 Å². The van der Waals surface area contributed by atoms with Crippen LogP contribution in [0.2, 0.25) is 0 Å². The van der Waals surface area contributed by atoms with Crippen molar-refractivity contribution in [2.24, 2.45) is 5.73 Å². The standard InChI is InChI=1S/C22H18FNS/c1-2-18-3-5-19(6-4-18)7-8-20-9-11-22(12-10-20)25-16-14-21(17-23)13-15-24/h1,3-6,9-13,15,17H,14,16,24H2/b15-13-,21-17+. The molecule has 0 aliphatic heterocycles. The molecule has 3 heteroatoms. The molecule has 0 unspecified atom stereocenters. The second-order valence-electron chi connectivity index (χ2n) is 5.14. The minimum atomic E-state index is 0.591. The molecular formula is C22H18FNS. The predicted molar refractivity (Wildman–Crippen MR) is 105 cm³/mol. The molecule has 0 spiro atoms. The molecule has 0 radical (unpaired) electrons. The third-order valence-corrected chi connectivity index (χ3v) is 4.38. The van der Waals surface area contributed by atoms with E-state index in [4.69, 9.17) is 12.2 Å². The van der Waals surface area contributed by atoms with Crippen molar-refractivity contribution in [2.75, 3.05) is 5.75 Å². The topological polar surface area (TPSA) is 26.0 Å². The molecule has 25 heavy (non-hydrogen) atoms. The minimum absolute atomic E-state index is 0.591. The summed E-state index contributed by atoms with van der Waals surface area (Å²) in [5, 5.41) is 0. The Balaban J connectivity index is 1.92. The van der Waals surface area contributed by atoms with Crippen LogP contribution in [0.1, 0.15) is 23.1 Å². The summed E-state index contributed by atoms with van der Waals surface area (Å²) in [5.41, 5.74) is 8.58. The smallest absolute Gasteiger partial charge is 0.0899 e. The maximum atomic E-state index is 12.6. The van der Waals surface area contributed by atoms with Gasteiger partial charge >= 0.3 is 0 Å². The van der Waals surface area contributed by atoms with Gasteiger partial charge in [0.2, 0.25) is 0 Å². The van der Waals surface area contributed by atoms with Gasteiger partial charge in [-0.25, -0.2) is 4.39 Å². The monoisotopic (exact) mass is 347 g/mol. The summed E-state index contributed by atoms with van der Waals surface area (Å²) in [7, 11) is 0. The zero-order valence-electron chi connectivity index (χ0n) is 13.7. The Morgan fingerprint density at radius 2 is 1.56 bits per heavy atom. The molecule has 1 nitrogen and oxygen atoms in total. The number of hydrogen-bond acceptors (Lipinski definition) is 2. The summed E-state index contributed by atoms with van der Waals surface area (Å²) in [5.74, 6) is 9.62. The van der Waals surface area contributed by atoms with Crippen molar-refractivity contribution in [1.82, 2.24) is 0 Å². The van der Waals surface area contributed by atoms with E-state index in [1.54, 1.807) is 17.8 Å². The lowest BCUT2D eigenvalue weighted by Gasteiger charge is -2.02. The highest BCUT2D eigenvalue weighted by Gasteiger charge is 1.97. The van der Waals surface area contributed by atoms with E-state index in [1.807, 2.05) is 48.5 Å². The summed E-state index contributed by atoms with van der Waals surface area (Å²) < 4.78 is 12.6. The highest BCUT2D eigenvalue weighted by Crippen LogP contribution is 2.21. The molecule has 0 atom stereocenters. The van der Waals surface area contributed by atoms with Gasteiger partial charge in [0.25, 0.3) is 0 Å². The Kier molecular flexibility index (Phi) is 7.44. The van der Waals surface area contributed by atoms with Gasteiger partial charge in [-0.05, 0) is 72.8 Å². The summed E-state index contributed by atoms with van der Waals surface area (Å²) >= 11 is 1.67. The molecule has 124 valence electrons. The van der Waals surface area contributed by atoms with Gasteiger partial charge in [-0.1, -0.05) is 17.8 Å². The van der Waals surface area contributed by atoms with Crippen molar-refractivity contribution in [3.8, 4) is 24.2 Å². The fourth-order valence-electron chi connectivity index (χ4n) is 2.01. The van der Waals surface area contributed by atoms with Crippen molar-refractivity contribution in [2.45, 2.75) is 11.3 Å². The highest BCUT2D eigenvalue weighted by atomic mass is 32.2. The van der Waals surface area contributed by atoms with Crippen molar-refractivity contribution < 1.29 is 4.39 Å². The maximum absolute atomic E-state index is 12.6. The Morgan fingerprint density at radius 1 is 1.00 bits per heavy atom. The number of thioether (sulfide) groups is 1. The minimum Gasteiger partial charge on any atom is -0.405 e. The number of halogens is 1. The molecule has 0 bridgehead atoms. The predicted octanol–water partition coefficient (Wildman–Crippen LogP) is 4.88. The first-order valence-electron chi connectivity index (χ1n) is 7.74. The molecule has 2 rings (SSSR count). The van der Waals surface area contributed by atoms with Gasteiger partial charge in [-0.3, -0.25) is 0 Å². The molecule has 0 aromatic heterocycles. The first-order chi connectivity index (χ1) is 12.2. The SMILES string of the molecule is C#Cc1ccc(C#Cc2ccc(SCCC(/C=C\N)=C/F)cc2)cc1.